The van der Waals surface area contributed by atoms with E-state index in [0.29, 0.717) is 6.04 Å². The van der Waals surface area contributed by atoms with Crippen LogP contribution >= 0.6 is 0 Å². The van der Waals surface area contributed by atoms with Gasteiger partial charge in [0.25, 0.3) is 0 Å². The second-order valence-electron chi connectivity index (χ2n) is 8.63. The summed E-state index contributed by atoms with van der Waals surface area (Å²) in [6.45, 7) is 8.27. The first kappa shape index (κ1) is 19.5. The summed E-state index contributed by atoms with van der Waals surface area (Å²) in [6.07, 6.45) is 9.10. The summed E-state index contributed by atoms with van der Waals surface area (Å²) >= 11 is 0. The summed E-state index contributed by atoms with van der Waals surface area (Å²) in [5.41, 5.74) is 1.34. The van der Waals surface area contributed by atoms with Gasteiger partial charge in [-0.3, -0.25) is 0 Å². The van der Waals surface area contributed by atoms with Crippen molar-refractivity contribution in [2.75, 3.05) is 26.2 Å². The molecule has 4 rings (SSSR count). The fourth-order valence-corrected chi connectivity index (χ4v) is 5.29. The zero-order valence-electron chi connectivity index (χ0n) is 17.3. The van der Waals surface area contributed by atoms with E-state index < -0.39 is 0 Å². The van der Waals surface area contributed by atoms with Crippen molar-refractivity contribution in [3.05, 3.63) is 41.7 Å². The number of hydrogen-bond acceptors (Lipinski definition) is 3. The third kappa shape index (κ3) is 4.61. The maximum atomic E-state index is 4.49. The number of piperazine rings is 1. The van der Waals surface area contributed by atoms with Gasteiger partial charge in [-0.1, -0.05) is 43.7 Å². The van der Waals surface area contributed by atoms with Gasteiger partial charge in [0, 0.05) is 13.0 Å². The zero-order valence-corrected chi connectivity index (χ0v) is 17.3. The third-order valence-electron chi connectivity index (χ3n) is 6.86. The molecule has 6 heteroatoms. The van der Waals surface area contributed by atoms with Crippen LogP contribution in [0.25, 0.3) is 0 Å². The Labute approximate surface area is 168 Å². The van der Waals surface area contributed by atoms with Gasteiger partial charge in [0.2, 0.25) is 5.82 Å². The summed E-state index contributed by atoms with van der Waals surface area (Å²) in [6, 6.07) is 12.0. The lowest BCUT2D eigenvalue weighted by Gasteiger charge is -2.36. The maximum absolute atomic E-state index is 4.49. The van der Waals surface area contributed by atoms with Crippen molar-refractivity contribution in [1.82, 2.24) is 20.2 Å². The molecule has 0 amide bonds. The number of nitrogens with zero attached hydrogens (tertiary/aromatic N) is 4. The molecule has 28 heavy (non-hydrogen) atoms. The Hall–Kier alpha value is -1.79. The normalized spacial score (nSPS) is 24.5. The van der Waals surface area contributed by atoms with Gasteiger partial charge in [0.05, 0.1) is 6.04 Å². The topological polar surface area (TPSA) is 52.5 Å². The van der Waals surface area contributed by atoms with Crippen molar-refractivity contribution >= 4 is 0 Å². The lowest BCUT2D eigenvalue weighted by Crippen LogP contribution is -3.29. The number of nitrogens with one attached hydrogen (secondary N) is 2. The van der Waals surface area contributed by atoms with Gasteiger partial charge in [-0.25, -0.2) is 4.68 Å². The summed E-state index contributed by atoms with van der Waals surface area (Å²) in [7, 11) is 0. The fraction of sp³-hybridized carbons (Fsp3) is 0.682. The molecule has 1 aromatic heterocycles. The minimum absolute atomic E-state index is 0.431. The van der Waals surface area contributed by atoms with Gasteiger partial charge in [0.1, 0.15) is 32.2 Å². The van der Waals surface area contributed by atoms with E-state index in [0.717, 1.165) is 24.8 Å². The van der Waals surface area contributed by atoms with Gasteiger partial charge in [-0.05, 0) is 48.1 Å². The molecule has 2 heterocycles. The van der Waals surface area contributed by atoms with Crippen LogP contribution in [0.4, 0.5) is 0 Å². The Balaban J connectivity index is 1.40. The average Bonchev–Trinajstić information content (AvgIpc) is 3.44. The van der Waals surface area contributed by atoms with E-state index in [1.54, 1.807) is 4.90 Å². The van der Waals surface area contributed by atoms with E-state index in [2.05, 4.69) is 57.5 Å². The van der Waals surface area contributed by atoms with Crippen molar-refractivity contribution in [1.29, 1.82) is 0 Å². The lowest BCUT2D eigenvalue weighted by molar-refractivity contribution is -1.04. The Morgan fingerprint density at radius 1 is 1.07 bits per heavy atom. The van der Waals surface area contributed by atoms with Gasteiger partial charge in [0.15, 0.2) is 0 Å². The SMILES string of the molecule is CCC[C@@H](c1nnnn1CCc1ccccc1)[NH+]1CC[NH+](C2CCCC2)CC1. The largest absolute Gasteiger partial charge is 0.323 e. The van der Waals surface area contributed by atoms with Gasteiger partial charge >= 0.3 is 0 Å². The van der Waals surface area contributed by atoms with E-state index in [-0.39, 0.29) is 0 Å². The number of tetrazole rings is 1. The van der Waals surface area contributed by atoms with Crippen LogP contribution in [0.3, 0.4) is 0 Å². The van der Waals surface area contributed by atoms with Crippen LogP contribution in [0.5, 0.6) is 0 Å². The lowest BCUT2D eigenvalue weighted by atomic mass is 10.1. The highest BCUT2D eigenvalue weighted by Crippen LogP contribution is 2.16. The number of hydrogen-bond donors (Lipinski definition) is 2. The van der Waals surface area contributed by atoms with Crippen LogP contribution in [-0.4, -0.2) is 52.4 Å². The number of benzene rings is 1. The predicted octanol–water partition coefficient (Wildman–Crippen LogP) is 0.483. The molecule has 2 aliphatic rings. The molecule has 2 N–H and O–H groups in total. The van der Waals surface area contributed by atoms with E-state index in [9.17, 15) is 0 Å². The van der Waals surface area contributed by atoms with Crippen LogP contribution in [0.2, 0.25) is 0 Å². The quantitative estimate of drug-likeness (QED) is 0.696. The van der Waals surface area contributed by atoms with Crippen molar-refractivity contribution < 1.29 is 9.80 Å². The first-order valence-electron chi connectivity index (χ1n) is 11.3. The number of aromatic nitrogens is 4. The highest BCUT2D eigenvalue weighted by Gasteiger charge is 2.36. The molecule has 1 aliphatic carbocycles. The average molecular weight is 385 g/mol. The molecule has 0 bridgehead atoms. The Morgan fingerprint density at radius 3 is 2.54 bits per heavy atom. The van der Waals surface area contributed by atoms with E-state index in [1.165, 1.54) is 70.3 Å². The third-order valence-corrected chi connectivity index (χ3v) is 6.86. The van der Waals surface area contributed by atoms with Crippen LogP contribution in [0.1, 0.15) is 62.9 Å². The van der Waals surface area contributed by atoms with Gasteiger partial charge in [-0.15, -0.1) is 5.10 Å². The summed E-state index contributed by atoms with van der Waals surface area (Å²) < 4.78 is 2.07. The zero-order chi connectivity index (χ0) is 19.2. The first-order chi connectivity index (χ1) is 13.8. The minimum Gasteiger partial charge on any atom is -0.323 e. The predicted molar refractivity (Wildman–Crippen MR) is 109 cm³/mol. The number of quaternary nitrogens is 2. The maximum Gasteiger partial charge on any atom is 0.209 e. The summed E-state index contributed by atoms with van der Waals surface area (Å²) in [4.78, 5) is 3.56. The molecule has 1 saturated heterocycles. The molecule has 0 spiro atoms. The number of aryl methyl sites for hydroxylation is 2. The van der Waals surface area contributed by atoms with Gasteiger partial charge in [-0.2, -0.15) is 0 Å². The molecule has 1 atom stereocenters. The van der Waals surface area contributed by atoms with Crippen LogP contribution in [-0.2, 0) is 13.0 Å². The molecule has 152 valence electrons. The van der Waals surface area contributed by atoms with E-state index in [1.807, 2.05) is 4.90 Å². The first-order valence-corrected chi connectivity index (χ1v) is 11.3. The van der Waals surface area contributed by atoms with Crippen molar-refractivity contribution in [2.24, 2.45) is 0 Å². The van der Waals surface area contributed by atoms with Gasteiger partial charge < -0.3 is 9.80 Å². The van der Waals surface area contributed by atoms with Crippen molar-refractivity contribution in [3.63, 3.8) is 0 Å². The summed E-state index contributed by atoms with van der Waals surface area (Å²) in [5.74, 6) is 1.09. The number of rotatable bonds is 8. The van der Waals surface area contributed by atoms with Crippen molar-refractivity contribution in [3.8, 4) is 0 Å². The van der Waals surface area contributed by atoms with Crippen LogP contribution in [0.15, 0.2) is 30.3 Å². The van der Waals surface area contributed by atoms with Crippen LogP contribution < -0.4 is 9.80 Å². The van der Waals surface area contributed by atoms with Crippen LogP contribution in [0, 0.1) is 0 Å². The monoisotopic (exact) mass is 384 g/mol. The molecule has 2 aromatic rings. The molecular weight excluding hydrogens is 348 g/mol. The molecular formula is C22H36N6+2. The van der Waals surface area contributed by atoms with E-state index >= 15 is 0 Å². The van der Waals surface area contributed by atoms with Crippen molar-refractivity contribution in [2.45, 2.75) is 70.5 Å². The molecule has 2 fully saturated rings. The molecule has 0 radical (unpaired) electrons. The molecule has 1 aromatic carbocycles. The molecule has 6 nitrogen and oxygen atoms in total. The Bertz CT molecular complexity index is 701. The summed E-state index contributed by atoms with van der Waals surface area (Å²) in [5, 5.41) is 12.9. The Morgan fingerprint density at radius 2 is 1.82 bits per heavy atom. The molecule has 0 unspecified atom stereocenters. The highest BCUT2D eigenvalue weighted by molar-refractivity contribution is 5.14. The van der Waals surface area contributed by atoms with E-state index in [4.69, 9.17) is 0 Å². The minimum atomic E-state index is 0.431. The fourth-order valence-electron chi connectivity index (χ4n) is 5.29. The molecule has 1 aliphatic heterocycles. The highest BCUT2D eigenvalue weighted by atomic mass is 15.6. The second kappa shape index (κ2) is 9.61. The smallest absolute Gasteiger partial charge is 0.209 e. The Kier molecular flexibility index (Phi) is 6.70. The molecule has 1 saturated carbocycles. The standard InChI is InChI=1S/C22H34N6/c1-2-8-21(27-17-15-26(16-18-27)20-11-6-7-12-20)22-23-24-25-28(22)14-13-19-9-4-3-5-10-19/h3-5,9-10,20-21H,2,6-8,11-18H2,1H3/p+2/t21-/m0/s1. The second-order valence-corrected chi connectivity index (χ2v) is 8.63.